The van der Waals surface area contributed by atoms with Gasteiger partial charge < -0.3 is 4.74 Å². The number of methoxy groups -OCH3 is 1. The number of ether oxygens (including phenoxy) is 1. The Bertz CT molecular complexity index is 524. The van der Waals surface area contributed by atoms with Crippen LogP contribution in [0.4, 0.5) is 0 Å². The van der Waals surface area contributed by atoms with E-state index in [9.17, 15) is 8.42 Å². The lowest BCUT2D eigenvalue weighted by molar-refractivity contribution is 0.414. The largest absolute Gasteiger partial charge is 0.495 e. The van der Waals surface area contributed by atoms with Crippen LogP contribution in [-0.2, 0) is 10.0 Å². The number of halogens is 1. The van der Waals surface area contributed by atoms with Crippen molar-refractivity contribution in [3.63, 3.8) is 0 Å². The molecule has 1 rings (SSSR count). The van der Waals surface area contributed by atoms with Crippen molar-refractivity contribution in [1.29, 1.82) is 0 Å². The van der Waals surface area contributed by atoms with Crippen LogP contribution in [0.25, 0.3) is 0 Å². The van der Waals surface area contributed by atoms with Gasteiger partial charge in [-0.05, 0) is 24.6 Å². The fourth-order valence-electron chi connectivity index (χ4n) is 1.77. The van der Waals surface area contributed by atoms with Gasteiger partial charge in [-0.3, -0.25) is 0 Å². The summed E-state index contributed by atoms with van der Waals surface area (Å²) in [5, 5.41) is 0.300. The van der Waals surface area contributed by atoms with E-state index in [1.807, 2.05) is 13.8 Å². The summed E-state index contributed by atoms with van der Waals surface area (Å²) in [5.41, 5.74) is 0.628. The van der Waals surface area contributed by atoms with E-state index in [1.165, 1.54) is 17.5 Å². The van der Waals surface area contributed by atoms with Gasteiger partial charge in [0.15, 0.2) is 0 Å². The molecule has 0 saturated heterocycles. The molecule has 0 aliphatic rings. The Kier molecular flexibility index (Phi) is 5.01. The van der Waals surface area contributed by atoms with Crippen LogP contribution in [-0.4, -0.2) is 32.9 Å². The van der Waals surface area contributed by atoms with Gasteiger partial charge in [0, 0.05) is 13.1 Å². The molecule has 6 heteroatoms. The van der Waals surface area contributed by atoms with E-state index in [2.05, 4.69) is 0 Å². The van der Waals surface area contributed by atoms with Crippen molar-refractivity contribution in [1.82, 2.24) is 4.31 Å². The molecule has 1 aromatic rings. The molecule has 1 aromatic carbocycles. The number of hydrogen-bond acceptors (Lipinski definition) is 3. The van der Waals surface area contributed by atoms with Crippen molar-refractivity contribution in [2.45, 2.75) is 25.7 Å². The lowest BCUT2D eigenvalue weighted by Gasteiger charge is -2.20. The van der Waals surface area contributed by atoms with Crippen molar-refractivity contribution >= 4 is 21.6 Å². The summed E-state index contributed by atoms with van der Waals surface area (Å²) in [6.07, 6.45) is 0. The Morgan fingerprint density at radius 1 is 1.28 bits per heavy atom. The van der Waals surface area contributed by atoms with Gasteiger partial charge in [-0.25, -0.2) is 8.42 Å². The zero-order valence-corrected chi connectivity index (χ0v) is 12.6. The quantitative estimate of drug-likeness (QED) is 0.838. The third kappa shape index (κ3) is 2.79. The van der Waals surface area contributed by atoms with E-state index < -0.39 is 10.0 Å². The van der Waals surface area contributed by atoms with Gasteiger partial charge >= 0.3 is 0 Å². The van der Waals surface area contributed by atoms with E-state index in [0.29, 0.717) is 29.4 Å². The maximum atomic E-state index is 12.4. The number of aryl methyl sites for hydroxylation is 1. The Labute approximate surface area is 114 Å². The predicted molar refractivity (Wildman–Crippen MR) is 72.8 cm³/mol. The molecular weight excluding hydrogens is 274 g/mol. The summed E-state index contributed by atoms with van der Waals surface area (Å²) < 4.78 is 31.3. The van der Waals surface area contributed by atoms with E-state index in [1.54, 1.807) is 13.0 Å². The van der Waals surface area contributed by atoms with E-state index in [-0.39, 0.29) is 4.90 Å². The molecular formula is C12H18ClNO3S. The second-order valence-electron chi connectivity index (χ2n) is 3.84. The topological polar surface area (TPSA) is 46.6 Å². The molecule has 0 heterocycles. The van der Waals surface area contributed by atoms with Crippen LogP contribution in [0.1, 0.15) is 19.4 Å². The van der Waals surface area contributed by atoms with Crippen LogP contribution in [0.3, 0.4) is 0 Å². The van der Waals surface area contributed by atoms with Crippen molar-refractivity contribution in [2.24, 2.45) is 0 Å². The number of sulfonamides is 1. The average Bonchev–Trinajstić information content (AvgIpc) is 2.32. The van der Waals surface area contributed by atoms with Gasteiger partial charge in [0.25, 0.3) is 0 Å². The highest BCUT2D eigenvalue weighted by Crippen LogP contribution is 2.31. The summed E-state index contributed by atoms with van der Waals surface area (Å²) in [5.74, 6) is 0.479. The molecule has 0 aliphatic carbocycles. The molecule has 0 spiro atoms. The number of benzene rings is 1. The minimum atomic E-state index is -3.49. The fourth-order valence-corrected chi connectivity index (χ4v) is 3.77. The Morgan fingerprint density at radius 2 is 1.83 bits per heavy atom. The lowest BCUT2D eigenvalue weighted by Crippen LogP contribution is -2.31. The molecule has 0 bridgehead atoms. The first kappa shape index (κ1) is 15.3. The molecule has 0 saturated carbocycles. The zero-order chi connectivity index (χ0) is 13.9. The standard InChI is InChI=1S/C12H18ClNO3S/c1-5-14(6-2)18(15,16)12-8-10(13)11(17-4)7-9(12)3/h7-8H,5-6H2,1-4H3. The minimum Gasteiger partial charge on any atom is -0.495 e. The SMILES string of the molecule is CCN(CC)S(=O)(=O)c1cc(Cl)c(OC)cc1C. The van der Waals surface area contributed by atoms with Crippen LogP contribution >= 0.6 is 11.6 Å². The van der Waals surface area contributed by atoms with Crippen LogP contribution in [0, 0.1) is 6.92 Å². The van der Waals surface area contributed by atoms with Crippen LogP contribution in [0.15, 0.2) is 17.0 Å². The van der Waals surface area contributed by atoms with E-state index in [0.717, 1.165) is 0 Å². The summed E-state index contributed by atoms with van der Waals surface area (Å²) in [4.78, 5) is 0.233. The summed E-state index contributed by atoms with van der Waals surface area (Å²) in [6.45, 7) is 6.21. The number of rotatable bonds is 5. The first-order valence-corrected chi connectivity index (χ1v) is 7.54. The second kappa shape index (κ2) is 5.91. The third-order valence-corrected chi connectivity index (χ3v) is 5.26. The van der Waals surface area contributed by atoms with Crippen molar-refractivity contribution in [3.05, 3.63) is 22.7 Å². The first-order chi connectivity index (χ1) is 8.38. The summed E-state index contributed by atoms with van der Waals surface area (Å²) in [6, 6.07) is 3.09. The third-order valence-electron chi connectivity index (χ3n) is 2.77. The number of nitrogens with zero attached hydrogens (tertiary/aromatic N) is 1. The molecule has 0 N–H and O–H groups in total. The Balaban J connectivity index is 3.38. The average molecular weight is 292 g/mol. The van der Waals surface area contributed by atoms with Crippen LogP contribution in [0.2, 0.25) is 5.02 Å². The van der Waals surface area contributed by atoms with Gasteiger partial charge in [0.1, 0.15) is 5.75 Å². The monoisotopic (exact) mass is 291 g/mol. The molecule has 0 fully saturated rings. The van der Waals surface area contributed by atoms with Gasteiger partial charge in [-0.2, -0.15) is 4.31 Å². The minimum absolute atomic E-state index is 0.233. The maximum Gasteiger partial charge on any atom is 0.243 e. The number of hydrogen-bond donors (Lipinski definition) is 0. The predicted octanol–water partition coefficient (Wildman–Crippen LogP) is 2.69. The van der Waals surface area contributed by atoms with Crippen molar-refractivity contribution in [3.8, 4) is 5.75 Å². The zero-order valence-electron chi connectivity index (χ0n) is 11.0. The summed E-state index contributed by atoms with van der Waals surface area (Å²) in [7, 11) is -1.99. The van der Waals surface area contributed by atoms with Crippen molar-refractivity contribution < 1.29 is 13.2 Å². The lowest BCUT2D eigenvalue weighted by atomic mass is 10.2. The van der Waals surface area contributed by atoms with Gasteiger partial charge in [-0.1, -0.05) is 25.4 Å². The Hall–Kier alpha value is -0.780. The fraction of sp³-hybridized carbons (Fsp3) is 0.500. The molecule has 0 atom stereocenters. The smallest absolute Gasteiger partial charge is 0.243 e. The van der Waals surface area contributed by atoms with Gasteiger partial charge in [0.2, 0.25) is 10.0 Å². The highest BCUT2D eigenvalue weighted by Gasteiger charge is 2.24. The van der Waals surface area contributed by atoms with Gasteiger partial charge in [-0.15, -0.1) is 0 Å². The molecule has 0 aromatic heterocycles. The first-order valence-electron chi connectivity index (χ1n) is 5.72. The van der Waals surface area contributed by atoms with Crippen LogP contribution < -0.4 is 4.74 Å². The van der Waals surface area contributed by atoms with E-state index >= 15 is 0 Å². The highest BCUT2D eigenvalue weighted by atomic mass is 35.5. The second-order valence-corrected chi connectivity index (χ2v) is 6.16. The maximum absolute atomic E-state index is 12.4. The van der Waals surface area contributed by atoms with Crippen molar-refractivity contribution in [2.75, 3.05) is 20.2 Å². The van der Waals surface area contributed by atoms with Crippen LogP contribution in [0.5, 0.6) is 5.75 Å². The van der Waals surface area contributed by atoms with E-state index in [4.69, 9.17) is 16.3 Å². The molecule has 0 amide bonds. The Morgan fingerprint density at radius 3 is 2.28 bits per heavy atom. The molecule has 0 radical (unpaired) electrons. The molecule has 102 valence electrons. The molecule has 4 nitrogen and oxygen atoms in total. The van der Waals surface area contributed by atoms with Gasteiger partial charge in [0.05, 0.1) is 17.0 Å². The molecule has 18 heavy (non-hydrogen) atoms. The highest BCUT2D eigenvalue weighted by molar-refractivity contribution is 7.89. The summed E-state index contributed by atoms with van der Waals surface area (Å²) >= 11 is 5.99. The normalized spacial score (nSPS) is 11.9. The molecule has 0 unspecified atom stereocenters. The molecule has 0 aliphatic heterocycles.